The zero-order chi connectivity index (χ0) is 21.4. The molecule has 1 aliphatic rings. The number of Topliss-reactive ketones (excluding diaryl/α,β-unsaturated/α-hetero) is 1. The normalized spacial score (nSPS) is 16.1. The number of H-pyrrole nitrogens is 1. The standard InChI is InChI=1S/C23H25N3O4/c1-13(2)8-9-26-21-20(22(28)25-23(26)29)17-10-15(11-19(27)18(17)12-24-21)14-4-6-16(30-3)7-5-14/h4-7,12-13,15H,8-11H2,1-3H3,(H,25,28,29)/t15-/m0/s1. The van der Waals surface area contributed by atoms with Gasteiger partial charge < -0.3 is 4.74 Å². The second kappa shape index (κ2) is 7.89. The molecule has 2 aromatic heterocycles. The van der Waals surface area contributed by atoms with Crippen molar-refractivity contribution in [3.63, 3.8) is 0 Å². The molecule has 0 saturated heterocycles. The van der Waals surface area contributed by atoms with Crippen LogP contribution < -0.4 is 16.0 Å². The highest BCUT2D eigenvalue weighted by Gasteiger charge is 2.30. The van der Waals surface area contributed by atoms with E-state index in [-0.39, 0.29) is 11.7 Å². The summed E-state index contributed by atoms with van der Waals surface area (Å²) in [4.78, 5) is 44.9. The molecule has 4 rings (SSSR count). The molecule has 1 N–H and O–H groups in total. The van der Waals surface area contributed by atoms with Gasteiger partial charge in [0.1, 0.15) is 11.4 Å². The quantitative estimate of drug-likeness (QED) is 0.702. The molecule has 2 heterocycles. The van der Waals surface area contributed by atoms with Gasteiger partial charge in [-0.25, -0.2) is 9.78 Å². The first-order chi connectivity index (χ1) is 14.4. The number of nitrogens with one attached hydrogen (secondary N) is 1. The molecule has 0 unspecified atom stereocenters. The number of carbonyl (C=O) groups is 1. The van der Waals surface area contributed by atoms with Gasteiger partial charge in [-0.15, -0.1) is 0 Å². The number of benzene rings is 1. The number of methoxy groups -OCH3 is 1. The Bertz CT molecular complexity index is 1220. The largest absolute Gasteiger partial charge is 0.497 e. The maximum absolute atomic E-state index is 12.9. The number of ether oxygens (including phenoxy) is 1. The second-order valence-corrected chi connectivity index (χ2v) is 8.24. The van der Waals surface area contributed by atoms with Gasteiger partial charge in [0.25, 0.3) is 5.56 Å². The Morgan fingerprint density at radius 3 is 2.57 bits per heavy atom. The molecular weight excluding hydrogens is 382 g/mol. The number of rotatable bonds is 5. The van der Waals surface area contributed by atoms with Crippen LogP contribution in [0.4, 0.5) is 0 Å². The van der Waals surface area contributed by atoms with Crippen LogP contribution in [-0.4, -0.2) is 27.4 Å². The molecule has 1 aliphatic carbocycles. The first-order valence-corrected chi connectivity index (χ1v) is 10.2. The van der Waals surface area contributed by atoms with Crippen molar-refractivity contribution < 1.29 is 9.53 Å². The van der Waals surface area contributed by atoms with Crippen molar-refractivity contribution in [1.29, 1.82) is 0 Å². The smallest absolute Gasteiger partial charge is 0.329 e. The van der Waals surface area contributed by atoms with Crippen molar-refractivity contribution in [2.24, 2.45) is 5.92 Å². The molecule has 1 atom stereocenters. The molecule has 1 aromatic carbocycles. The van der Waals surface area contributed by atoms with Gasteiger partial charge in [0.2, 0.25) is 0 Å². The number of hydrogen-bond acceptors (Lipinski definition) is 5. The first kappa shape index (κ1) is 20.1. The lowest BCUT2D eigenvalue weighted by atomic mass is 9.79. The Balaban J connectivity index is 1.84. The molecule has 0 fully saturated rings. The molecule has 30 heavy (non-hydrogen) atoms. The van der Waals surface area contributed by atoms with Crippen LogP contribution in [0.15, 0.2) is 40.1 Å². The Hall–Kier alpha value is -3.22. The Morgan fingerprint density at radius 1 is 1.17 bits per heavy atom. The summed E-state index contributed by atoms with van der Waals surface area (Å²) in [5, 5.41) is 0.349. The minimum atomic E-state index is -0.483. The monoisotopic (exact) mass is 407 g/mol. The molecule has 0 bridgehead atoms. The molecule has 7 nitrogen and oxygen atoms in total. The van der Waals surface area contributed by atoms with Crippen molar-refractivity contribution in [3.8, 4) is 5.75 Å². The van der Waals surface area contributed by atoms with Crippen molar-refractivity contribution >= 4 is 16.8 Å². The van der Waals surface area contributed by atoms with Gasteiger partial charge in [0.15, 0.2) is 5.78 Å². The summed E-state index contributed by atoms with van der Waals surface area (Å²) in [6.07, 6.45) is 3.21. The highest BCUT2D eigenvalue weighted by molar-refractivity contribution is 6.02. The van der Waals surface area contributed by atoms with E-state index in [1.165, 1.54) is 10.8 Å². The van der Waals surface area contributed by atoms with Crippen molar-refractivity contribution in [2.75, 3.05) is 7.11 Å². The molecular formula is C23H25N3O4. The maximum Gasteiger partial charge on any atom is 0.329 e. The number of aromatic amines is 1. The third-order valence-corrected chi connectivity index (χ3v) is 5.81. The van der Waals surface area contributed by atoms with Crippen LogP contribution in [-0.2, 0) is 13.0 Å². The van der Waals surface area contributed by atoms with Crippen LogP contribution in [0.5, 0.6) is 5.75 Å². The van der Waals surface area contributed by atoms with Crippen LogP contribution >= 0.6 is 0 Å². The summed E-state index contributed by atoms with van der Waals surface area (Å²) >= 11 is 0. The van der Waals surface area contributed by atoms with Gasteiger partial charge in [0, 0.05) is 24.7 Å². The Morgan fingerprint density at radius 2 is 1.90 bits per heavy atom. The summed E-state index contributed by atoms with van der Waals surface area (Å²) in [5.74, 6) is 1.07. The lowest BCUT2D eigenvalue weighted by molar-refractivity contribution is 0.0964. The van der Waals surface area contributed by atoms with Gasteiger partial charge in [-0.05, 0) is 47.9 Å². The molecule has 0 radical (unpaired) electrons. The summed E-state index contributed by atoms with van der Waals surface area (Å²) in [7, 11) is 1.61. The zero-order valence-corrected chi connectivity index (χ0v) is 17.4. The van der Waals surface area contributed by atoms with Crippen LogP contribution in [0.3, 0.4) is 0 Å². The van der Waals surface area contributed by atoms with Crippen LogP contribution in [0.1, 0.15) is 54.1 Å². The number of aryl methyl sites for hydroxylation is 1. The highest BCUT2D eigenvalue weighted by atomic mass is 16.5. The third-order valence-electron chi connectivity index (χ3n) is 5.81. The molecule has 0 amide bonds. The van der Waals surface area contributed by atoms with E-state index in [1.54, 1.807) is 7.11 Å². The number of pyridine rings is 1. The predicted molar refractivity (Wildman–Crippen MR) is 114 cm³/mol. The molecule has 0 spiro atoms. The Kier molecular flexibility index (Phi) is 5.28. The topological polar surface area (TPSA) is 94.1 Å². The van der Waals surface area contributed by atoms with Gasteiger partial charge in [-0.1, -0.05) is 26.0 Å². The van der Waals surface area contributed by atoms with E-state index in [0.717, 1.165) is 17.7 Å². The lowest BCUT2D eigenvalue weighted by Crippen LogP contribution is -2.33. The summed E-state index contributed by atoms with van der Waals surface area (Å²) in [5.41, 5.74) is 1.58. The summed E-state index contributed by atoms with van der Waals surface area (Å²) in [6.45, 7) is 4.62. The average Bonchev–Trinajstić information content (AvgIpc) is 2.72. The van der Waals surface area contributed by atoms with E-state index in [2.05, 4.69) is 23.8 Å². The highest BCUT2D eigenvalue weighted by Crippen LogP contribution is 2.35. The summed E-state index contributed by atoms with van der Waals surface area (Å²) < 4.78 is 6.73. The second-order valence-electron chi connectivity index (χ2n) is 8.24. The van der Waals surface area contributed by atoms with Crippen molar-refractivity contribution in [1.82, 2.24) is 14.5 Å². The van der Waals surface area contributed by atoms with E-state index >= 15 is 0 Å². The third kappa shape index (κ3) is 3.56. The minimum absolute atomic E-state index is 0.0363. The van der Waals surface area contributed by atoms with Crippen molar-refractivity contribution in [2.45, 2.75) is 45.6 Å². The number of aromatic nitrogens is 3. The maximum atomic E-state index is 12.9. The average molecular weight is 407 g/mol. The number of carbonyl (C=O) groups excluding carboxylic acids is 1. The molecule has 0 saturated carbocycles. The number of ketones is 1. The zero-order valence-electron chi connectivity index (χ0n) is 17.4. The Labute approximate surface area is 173 Å². The van der Waals surface area contributed by atoms with Gasteiger partial charge in [-0.3, -0.25) is 19.1 Å². The van der Waals surface area contributed by atoms with Crippen molar-refractivity contribution in [3.05, 3.63) is 68.0 Å². The van der Waals surface area contributed by atoms with E-state index in [1.807, 2.05) is 24.3 Å². The van der Waals surface area contributed by atoms with Gasteiger partial charge >= 0.3 is 5.69 Å². The fraction of sp³-hybridized carbons (Fsp3) is 0.391. The van der Waals surface area contributed by atoms with E-state index in [4.69, 9.17) is 4.74 Å². The number of nitrogens with zero attached hydrogens (tertiary/aromatic N) is 2. The van der Waals surface area contributed by atoms with Crippen LogP contribution in [0, 0.1) is 5.92 Å². The van der Waals surface area contributed by atoms with E-state index in [0.29, 0.717) is 47.5 Å². The van der Waals surface area contributed by atoms with Gasteiger partial charge in [-0.2, -0.15) is 0 Å². The number of hydrogen-bond donors (Lipinski definition) is 1. The first-order valence-electron chi connectivity index (χ1n) is 10.2. The van der Waals surface area contributed by atoms with Gasteiger partial charge in [0.05, 0.1) is 12.5 Å². The summed E-state index contributed by atoms with van der Waals surface area (Å²) in [6, 6.07) is 7.65. The molecule has 3 aromatic rings. The molecule has 156 valence electrons. The lowest BCUT2D eigenvalue weighted by Gasteiger charge is -2.25. The van der Waals surface area contributed by atoms with Crippen LogP contribution in [0.2, 0.25) is 0 Å². The van der Waals surface area contributed by atoms with E-state index in [9.17, 15) is 14.4 Å². The van der Waals surface area contributed by atoms with E-state index < -0.39 is 11.2 Å². The minimum Gasteiger partial charge on any atom is -0.497 e. The molecule has 0 aliphatic heterocycles. The van der Waals surface area contributed by atoms with Crippen LogP contribution in [0.25, 0.3) is 11.0 Å². The fourth-order valence-corrected chi connectivity index (χ4v) is 4.12. The molecule has 7 heteroatoms. The number of fused-ring (bicyclic) bond motifs is 3. The SMILES string of the molecule is COc1ccc([C@@H]2CC(=O)c3cnc4c(c3C2)c(=O)[nH]c(=O)n4CCC(C)C)cc1. The fourth-order valence-electron chi connectivity index (χ4n) is 4.12. The predicted octanol–water partition coefficient (Wildman–Crippen LogP) is 3.05.